The van der Waals surface area contributed by atoms with E-state index in [4.69, 9.17) is 9.84 Å². The first-order valence-electron chi connectivity index (χ1n) is 6.00. The van der Waals surface area contributed by atoms with Crippen LogP contribution in [0.1, 0.15) is 19.4 Å². The molecule has 0 aliphatic rings. The lowest BCUT2D eigenvalue weighted by Gasteiger charge is -2.14. The van der Waals surface area contributed by atoms with Crippen LogP contribution in [0.4, 0.5) is 0 Å². The summed E-state index contributed by atoms with van der Waals surface area (Å²) in [5.74, 6) is -0.340. The molecule has 1 atom stereocenters. The molecule has 0 saturated carbocycles. The van der Waals surface area contributed by atoms with Gasteiger partial charge in [0, 0.05) is 11.6 Å². The zero-order chi connectivity index (χ0) is 14.0. The molecule has 0 fully saturated rings. The van der Waals surface area contributed by atoms with Gasteiger partial charge in [-0.2, -0.15) is 0 Å². The van der Waals surface area contributed by atoms with Gasteiger partial charge in [0.2, 0.25) is 0 Å². The molecule has 5 nitrogen and oxygen atoms in total. The number of fused-ring (bicyclic) bond motifs is 1. The molecule has 1 N–H and O–H groups in total. The second kappa shape index (κ2) is 5.14. The molecular formula is C14H15NO4. The quantitative estimate of drug-likeness (QED) is 0.914. The van der Waals surface area contributed by atoms with E-state index in [1.807, 2.05) is 0 Å². The second-order valence-electron chi connectivity index (χ2n) is 4.24. The number of ether oxygens (including phenoxy) is 1. The number of hydrogen-bond donors (Lipinski definition) is 1. The van der Waals surface area contributed by atoms with Gasteiger partial charge in [-0.25, -0.2) is 4.79 Å². The average molecular weight is 261 g/mol. The molecule has 0 radical (unpaired) electrons. The number of methoxy groups -OCH3 is 1. The highest BCUT2D eigenvalue weighted by molar-refractivity contribution is 5.83. The zero-order valence-electron chi connectivity index (χ0n) is 10.8. The number of carboxylic acid groups (broad SMARTS) is 1. The van der Waals surface area contributed by atoms with Gasteiger partial charge in [-0.1, -0.05) is 6.92 Å². The molecule has 5 heteroatoms. The Morgan fingerprint density at radius 2 is 2.16 bits per heavy atom. The Bertz CT molecular complexity index is 675. The van der Waals surface area contributed by atoms with Crippen LogP contribution in [0.3, 0.4) is 0 Å². The predicted molar refractivity (Wildman–Crippen MR) is 71.7 cm³/mol. The highest BCUT2D eigenvalue weighted by atomic mass is 16.5. The first-order chi connectivity index (χ1) is 9.08. The van der Waals surface area contributed by atoms with Gasteiger partial charge in [-0.3, -0.25) is 4.79 Å². The number of rotatable bonds is 4. The third-order valence-corrected chi connectivity index (χ3v) is 3.15. The van der Waals surface area contributed by atoms with E-state index in [1.54, 1.807) is 38.3 Å². The Morgan fingerprint density at radius 1 is 1.42 bits per heavy atom. The van der Waals surface area contributed by atoms with Crippen molar-refractivity contribution in [3.63, 3.8) is 0 Å². The van der Waals surface area contributed by atoms with Crippen molar-refractivity contribution < 1.29 is 14.6 Å². The third kappa shape index (κ3) is 2.31. The Balaban J connectivity index is 2.64. The largest absolute Gasteiger partial charge is 0.497 e. The summed E-state index contributed by atoms with van der Waals surface area (Å²) in [5.41, 5.74) is -0.297. The molecule has 1 aromatic heterocycles. The van der Waals surface area contributed by atoms with Crippen LogP contribution in [0.25, 0.3) is 10.8 Å². The van der Waals surface area contributed by atoms with Gasteiger partial charge in [0.1, 0.15) is 11.8 Å². The fraction of sp³-hybridized carbons (Fsp3) is 0.286. The van der Waals surface area contributed by atoms with Gasteiger partial charge in [-0.05, 0) is 36.1 Å². The molecule has 0 bridgehead atoms. The Kier molecular flexibility index (Phi) is 3.55. The molecule has 1 heterocycles. The van der Waals surface area contributed by atoms with E-state index < -0.39 is 12.0 Å². The summed E-state index contributed by atoms with van der Waals surface area (Å²) in [6.07, 6.45) is 1.88. The molecule has 100 valence electrons. The lowest BCUT2D eigenvalue weighted by Crippen LogP contribution is -2.29. The summed E-state index contributed by atoms with van der Waals surface area (Å²) >= 11 is 0. The van der Waals surface area contributed by atoms with Crippen LogP contribution >= 0.6 is 0 Å². The van der Waals surface area contributed by atoms with Gasteiger partial charge >= 0.3 is 5.97 Å². The smallest absolute Gasteiger partial charge is 0.326 e. The summed E-state index contributed by atoms with van der Waals surface area (Å²) in [5, 5.41) is 10.4. The molecule has 0 aliphatic carbocycles. The average Bonchev–Trinajstić information content (AvgIpc) is 2.41. The molecule has 2 aromatic rings. The molecular weight excluding hydrogens is 246 g/mol. The van der Waals surface area contributed by atoms with Crippen molar-refractivity contribution in [2.45, 2.75) is 19.4 Å². The van der Waals surface area contributed by atoms with Crippen molar-refractivity contribution in [3.05, 3.63) is 40.8 Å². The van der Waals surface area contributed by atoms with Gasteiger partial charge in [-0.15, -0.1) is 0 Å². The minimum absolute atomic E-state index is 0.297. The van der Waals surface area contributed by atoms with E-state index in [-0.39, 0.29) is 5.56 Å². The molecule has 19 heavy (non-hydrogen) atoms. The summed E-state index contributed by atoms with van der Waals surface area (Å²) < 4.78 is 6.36. The monoisotopic (exact) mass is 261 g/mol. The van der Waals surface area contributed by atoms with Crippen molar-refractivity contribution >= 4 is 16.7 Å². The second-order valence-corrected chi connectivity index (χ2v) is 4.24. The van der Waals surface area contributed by atoms with E-state index >= 15 is 0 Å². The van der Waals surface area contributed by atoms with Crippen LogP contribution < -0.4 is 10.3 Å². The van der Waals surface area contributed by atoms with E-state index in [1.165, 1.54) is 10.8 Å². The normalized spacial score (nSPS) is 12.3. The van der Waals surface area contributed by atoms with Crippen LogP contribution in [-0.2, 0) is 4.79 Å². The van der Waals surface area contributed by atoms with Gasteiger partial charge in [0.25, 0.3) is 5.56 Å². The number of carboxylic acids is 1. The molecule has 0 aliphatic heterocycles. The minimum atomic E-state index is -1.00. The third-order valence-electron chi connectivity index (χ3n) is 3.15. The fourth-order valence-corrected chi connectivity index (χ4v) is 2.10. The maximum absolute atomic E-state index is 12.3. The number of pyridine rings is 1. The van der Waals surface area contributed by atoms with Crippen LogP contribution in [0.5, 0.6) is 5.75 Å². The Labute approximate surface area is 110 Å². The number of carbonyl (C=O) groups is 1. The Morgan fingerprint density at radius 3 is 2.74 bits per heavy atom. The highest BCUT2D eigenvalue weighted by Crippen LogP contribution is 2.19. The lowest BCUT2D eigenvalue weighted by molar-refractivity contribution is -0.141. The number of benzene rings is 1. The summed E-state index contributed by atoms with van der Waals surface area (Å²) in [6.45, 7) is 1.74. The Hall–Kier alpha value is -2.30. The van der Waals surface area contributed by atoms with Gasteiger partial charge in [0.15, 0.2) is 0 Å². The number of hydrogen-bond acceptors (Lipinski definition) is 3. The van der Waals surface area contributed by atoms with Crippen molar-refractivity contribution in [1.82, 2.24) is 4.57 Å². The van der Waals surface area contributed by atoms with Crippen LogP contribution in [0.15, 0.2) is 35.3 Å². The maximum Gasteiger partial charge on any atom is 0.326 e. The van der Waals surface area contributed by atoms with Crippen molar-refractivity contribution in [3.8, 4) is 5.75 Å². The van der Waals surface area contributed by atoms with E-state index in [9.17, 15) is 9.59 Å². The van der Waals surface area contributed by atoms with Gasteiger partial charge < -0.3 is 14.4 Å². The summed E-state index contributed by atoms with van der Waals surface area (Å²) in [4.78, 5) is 23.4. The van der Waals surface area contributed by atoms with Crippen LogP contribution in [0.2, 0.25) is 0 Å². The van der Waals surface area contributed by atoms with Crippen LogP contribution in [-0.4, -0.2) is 22.8 Å². The SMILES string of the molecule is CCC(C(=O)O)n1ccc2cc(OC)ccc2c1=O. The van der Waals surface area contributed by atoms with E-state index in [2.05, 4.69) is 0 Å². The molecule has 1 unspecified atom stereocenters. The van der Waals surface area contributed by atoms with Crippen molar-refractivity contribution in [2.75, 3.05) is 7.11 Å². The van der Waals surface area contributed by atoms with Crippen molar-refractivity contribution in [1.29, 1.82) is 0 Å². The zero-order valence-corrected chi connectivity index (χ0v) is 10.8. The summed E-state index contributed by atoms with van der Waals surface area (Å²) in [6, 6.07) is 5.99. The molecule has 2 rings (SSSR count). The maximum atomic E-state index is 12.3. The van der Waals surface area contributed by atoms with E-state index in [0.717, 1.165) is 5.39 Å². The molecule has 0 spiro atoms. The topological polar surface area (TPSA) is 68.5 Å². The number of aromatic nitrogens is 1. The standard InChI is InChI=1S/C14H15NO4/c1-3-12(14(17)18)15-7-6-9-8-10(19-2)4-5-11(9)13(15)16/h4-8,12H,3H2,1-2H3,(H,17,18). The van der Waals surface area contributed by atoms with Crippen molar-refractivity contribution in [2.24, 2.45) is 0 Å². The number of nitrogens with zero attached hydrogens (tertiary/aromatic N) is 1. The molecule has 0 amide bonds. The number of aliphatic carboxylic acids is 1. The van der Waals surface area contributed by atoms with E-state index in [0.29, 0.717) is 17.6 Å². The summed E-state index contributed by atoms with van der Waals surface area (Å²) in [7, 11) is 1.56. The minimum Gasteiger partial charge on any atom is -0.497 e. The van der Waals surface area contributed by atoms with Gasteiger partial charge in [0.05, 0.1) is 7.11 Å². The first kappa shape index (κ1) is 13.1. The lowest BCUT2D eigenvalue weighted by atomic mass is 10.1. The molecule has 1 aromatic carbocycles. The predicted octanol–water partition coefficient (Wildman–Crippen LogP) is 2.05. The van der Waals surface area contributed by atoms with Crippen LogP contribution in [0, 0.1) is 0 Å². The molecule has 0 saturated heterocycles. The highest BCUT2D eigenvalue weighted by Gasteiger charge is 2.19. The fourth-order valence-electron chi connectivity index (χ4n) is 2.10. The first-order valence-corrected chi connectivity index (χ1v) is 6.00.